The highest BCUT2D eigenvalue weighted by Crippen LogP contribution is 2.21. The van der Waals surface area contributed by atoms with E-state index in [4.69, 9.17) is 11.6 Å². The van der Waals surface area contributed by atoms with Crippen LogP contribution in [0.15, 0.2) is 53.0 Å². The van der Waals surface area contributed by atoms with Crippen LogP contribution >= 0.6 is 27.5 Å². The maximum Gasteiger partial charge on any atom is 0.255 e. The molecule has 26 heavy (non-hydrogen) atoms. The van der Waals surface area contributed by atoms with E-state index >= 15 is 0 Å². The summed E-state index contributed by atoms with van der Waals surface area (Å²) in [7, 11) is 0. The van der Waals surface area contributed by atoms with Crippen LogP contribution < -0.4 is 5.32 Å². The Morgan fingerprint density at radius 1 is 1.00 bits per heavy atom. The van der Waals surface area contributed by atoms with Gasteiger partial charge < -0.3 is 10.2 Å². The quantitative estimate of drug-likeness (QED) is 0.798. The van der Waals surface area contributed by atoms with Gasteiger partial charge in [0.05, 0.1) is 22.8 Å². The minimum Gasteiger partial charge on any atom is -0.336 e. The highest BCUT2D eigenvalue weighted by atomic mass is 79.9. The van der Waals surface area contributed by atoms with Crippen LogP contribution in [-0.2, 0) is 4.79 Å². The first-order valence-electron chi connectivity index (χ1n) is 8.35. The summed E-state index contributed by atoms with van der Waals surface area (Å²) < 4.78 is 0.798. The van der Waals surface area contributed by atoms with Crippen molar-refractivity contribution in [2.75, 3.05) is 38.0 Å². The van der Waals surface area contributed by atoms with Gasteiger partial charge in [-0.25, -0.2) is 0 Å². The van der Waals surface area contributed by atoms with Crippen LogP contribution in [0, 0.1) is 0 Å². The second-order valence-electron chi connectivity index (χ2n) is 6.08. The van der Waals surface area contributed by atoms with Crippen LogP contribution in [0.4, 0.5) is 5.69 Å². The van der Waals surface area contributed by atoms with Gasteiger partial charge in [-0.1, -0.05) is 35.9 Å². The number of carbonyl (C=O) groups is 2. The molecule has 3 rings (SSSR count). The summed E-state index contributed by atoms with van der Waals surface area (Å²) in [4.78, 5) is 28.7. The number of hydrogen-bond acceptors (Lipinski definition) is 3. The largest absolute Gasteiger partial charge is 0.336 e. The summed E-state index contributed by atoms with van der Waals surface area (Å²) >= 11 is 9.48. The number of piperazine rings is 1. The molecule has 0 aromatic heterocycles. The Balaban J connectivity index is 1.51. The van der Waals surface area contributed by atoms with Gasteiger partial charge in [0.25, 0.3) is 5.91 Å². The van der Waals surface area contributed by atoms with Crippen LogP contribution in [0.25, 0.3) is 0 Å². The summed E-state index contributed by atoms with van der Waals surface area (Å²) in [6.45, 7) is 2.79. The molecule has 0 unspecified atom stereocenters. The zero-order valence-corrected chi connectivity index (χ0v) is 16.5. The van der Waals surface area contributed by atoms with Gasteiger partial charge in [0.1, 0.15) is 0 Å². The number of para-hydroxylation sites is 1. The molecular formula is C19H19BrClN3O2. The molecule has 0 aliphatic carbocycles. The van der Waals surface area contributed by atoms with Crippen LogP contribution in [0.3, 0.4) is 0 Å². The Labute approximate surface area is 166 Å². The normalized spacial score (nSPS) is 14.9. The van der Waals surface area contributed by atoms with Crippen molar-refractivity contribution in [2.45, 2.75) is 0 Å². The lowest BCUT2D eigenvalue weighted by molar-refractivity contribution is -0.117. The van der Waals surface area contributed by atoms with Gasteiger partial charge in [-0.3, -0.25) is 14.5 Å². The molecule has 2 aromatic carbocycles. The number of amides is 2. The van der Waals surface area contributed by atoms with Gasteiger partial charge in [0.2, 0.25) is 5.91 Å². The number of hydrogen-bond donors (Lipinski definition) is 1. The minimum atomic E-state index is -0.108. The molecule has 0 bridgehead atoms. The molecule has 1 fully saturated rings. The van der Waals surface area contributed by atoms with Crippen LogP contribution in [0.2, 0.25) is 5.02 Å². The van der Waals surface area contributed by atoms with E-state index in [1.54, 1.807) is 12.1 Å². The lowest BCUT2D eigenvalue weighted by atomic mass is 10.2. The van der Waals surface area contributed by atoms with Crippen molar-refractivity contribution in [1.82, 2.24) is 9.80 Å². The molecular weight excluding hydrogens is 418 g/mol. The zero-order chi connectivity index (χ0) is 18.5. The fourth-order valence-electron chi connectivity index (χ4n) is 2.87. The fraction of sp³-hybridized carbons (Fsp3) is 0.263. The van der Waals surface area contributed by atoms with Gasteiger partial charge in [0, 0.05) is 30.7 Å². The van der Waals surface area contributed by atoms with Crippen molar-refractivity contribution in [2.24, 2.45) is 0 Å². The van der Waals surface area contributed by atoms with Gasteiger partial charge in [-0.2, -0.15) is 0 Å². The van der Waals surface area contributed by atoms with Crippen molar-refractivity contribution in [3.63, 3.8) is 0 Å². The minimum absolute atomic E-state index is 0.0117. The van der Waals surface area contributed by atoms with Gasteiger partial charge in [-0.15, -0.1) is 0 Å². The van der Waals surface area contributed by atoms with E-state index in [-0.39, 0.29) is 18.4 Å². The highest BCUT2D eigenvalue weighted by molar-refractivity contribution is 9.10. The molecule has 136 valence electrons. The molecule has 1 N–H and O–H groups in total. The van der Waals surface area contributed by atoms with Crippen LogP contribution in [-0.4, -0.2) is 54.3 Å². The van der Waals surface area contributed by atoms with E-state index in [0.29, 0.717) is 42.5 Å². The first-order valence-corrected chi connectivity index (χ1v) is 9.52. The molecule has 0 spiro atoms. The SMILES string of the molecule is O=C(CN1CCN(C(=O)c2ccccc2Br)CC1)Nc1ccccc1Cl. The number of benzene rings is 2. The van der Waals surface area contributed by atoms with Crippen LogP contribution in [0.1, 0.15) is 10.4 Å². The molecule has 7 heteroatoms. The van der Waals surface area contributed by atoms with Gasteiger partial charge in [0.15, 0.2) is 0 Å². The maximum atomic E-state index is 12.6. The number of rotatable bonds is 4. The lowest BCUT2D eigenvalue weighted by Crippen LogP contribution is -2.50. The average Bonchev–Trinajstić information content (AvgIpc) is 2.64. The highest BCUT2D eigenvalue weighted by Gasteiger charge is 2.24. The summed E-state index contributed by atoms with van der Waals surface area (Å²) in [5, 5.41) is 3.34. The summed E-state index contributed by atoms with van der Waals surface area (Å²) in [5.74, 6) is -0.0960. The van der Waals surface area contributed by atoms with Crippen molar-refractivity contribution >= 4 is 45.0 Å². The molecule has 2 amide bonds. The van der Waals surface area contributed by atoms with Crippen molar-refractivity contribution in [1.29, 1.82) is 0 Å². The van der Waals surface area contributed by atoms with E-state index < -0.39 is 0 Å². The predicted octanol–water partition coefficient (Wildman–Crippen LogP) is 3.50. The molecule has 0 radical (unpaired) electrons. The third-order valence-corrected chi connectivity index (χ3v) is 5.30. The molecule has 1 heterocycles. The van der Waals surface area contributed by atoms with E-state index in [1.165, 1.54) is 0 Å². The van der Waals surface area contributed by atoms with E-state index in [0.717, 1.165) is 4.47 Å². The Morgan fingerprint density at radius 3 is 2.35 bits per heavy atom. The summed E-state index contributed by atoms with van der Waals surface area (Å²) in [6, 6.07) is 14.6. The average molecular weight is 437 g/mol. The van der Waals surface area contributed by atoms with Crippen molar-refractivity contribution in [3.05, 3.63) is 63.6 Å². The van der Waals surface area contributed by atoms with E-state index in [2.05, 4.69) is 21.2 Å². The maximum absolute atomic E-state index is 12.6. The topological polar surface area (TPSA) is 52.7 Å². The number of nitrogens with zero attached hydrogens (tertiary/aromatic N) is 2. The second kappa shape index (κ2) is 8.66. The Hall–Kier alpha value is -1.89. The molecule has 1 aliphatic heterocycles. The fourth-order valence-corrected chi connectivity index (χ4v) is 3.51. The monoisotopic (exact) mass is 435 g/mol. The van der Waals surface area contributed by atoms with E-state index in [1.807, 2.05) is 46.2 Å². The standard InChI is InChI=1S/C19H19BrClN3O2/c20-15-6-2-1-5-14(15)19(26)24-11-9-23(10-12-24)13-18(25)22-17-8-4-3-7-16(17)21/h1-8H,9-13H2,(H,22,25). The van der Waals surface area contributed by atoms with Gasteiger partial charge >= 0.3 is 0 Å². The molecule has 1 saturated heterocycles. The molecule has 1 aliphatic rings. The van der Waals surface area contributed by atoms with Gasteiger partial charge in [-0.05, 0) is 40.2 Å². The first-order chi connectivity index (χ1) is 12.5. The summed E-state index contributed by atoms with van der Waals surface area (Å²) in [6.07, 6.45) is 0. The number of nitrogens with one attached hydrogen (secondary N) is 1. The third-order valence-electron chi connectivity index (χ3n) is 4.28. The first kappa shape index (κ1) is 18.9. The predicted molar refractivity (Wildman–Crippen MR) is 107 cm³/mol. The zero-order valence-electron chi connectivity index (χ0n) is 14.1. The van der Waals surface area contributed by atoms with E-state index in [9.17, 15) is 9.59 Å². The smallest absolute Gasteiger partial charge is 0.255 e. The second-order valence-corrected chi connectivity index (χ2v) is 7.34. The van der Waals surface area contributed by atoms with Crippen LogP contribution in [0.5, 0.6) is 0 Å². The number of carbonyl (C=O) groups excluding carboxylic acids is 2. The van der Waals surface area contributed by atoms with Crippen molar-refractivity contribution in [3.8, 4) is 0 Å². The molecule has 2 aromatic rings. The number of anilines is 1. The molecule has 5 nitrogen and oxygen atoms in total. The lowest BCUT2D eigenvalue weighted by Gasteiger charge is -2.34. The third kappa shape index (κ3) is 4.63. The molecule has 0 atom stereocenters. The molecule has 0 saturated carbocycles. The number of halogens is 2. The Bertz CT molecular complexity index is 807. The summed E-state index contributed by atoms with van der Waals surface area (Å²) in [5.41, 5.74) is 1.28. The Morgan fingerprint density at radius 2 is 1.65 bits per heavy atom. The van der Waals surface area contributed by atoms with Crippen molar-refractivity contribution < 1.29 is 9.59 Å². The Kier molecular flexibility index (Phi) is 6.29.